The van der Waals surface area contributed by atoms with E-state index in [-0.39, 0.29) is 5.91 Å². The van der Waals surface area contributed by atoms with E-state index < -0.39 is 0 Å². The van der Waals surface area contributed by atoms with Crippen LogP contribution in [0.4, 0.5) is 5.69 Å². The quantitative estimate of drug-likeness (QED) is 0.717. The molecule has 2 rings (SSSR count). The molecule has 0 aliphatic carbocycles. The number of hydrogen-bond donors (Lipinski definition) is 1. The lowest BCUT2D eigenvalue weighted by atomic mass is 10.1. The highest BCUT2D eigenvalue weighted by Gasteiger charge is 2.17. The van der Waals surface area contributed by atoms with Gasteiger partial charge in [0.15, 0.2) is 11.5 Å². The molecule has 0 bridgehead atoms. The van der Waals surface area contributed by atoms with Crippen molar-refractivity contribution in [3.8, 4) is 11.5 Å². The summed E-state index contributed by atoms with van der Waals surface area (Å²) in [6.45, 7) is 6.25. The molecular weight excluding hydrogens is 394 g/mol. The van der Waals surface area contributed by atoms with Crippen LogP contribution in [0.2, 0.25) is 5.02 Å². The van der Waals surface area contributed by atoms with Crippen molar-refractivity contribution in [3.05, 3.63) is 50.5 Å². The predicted molar refractivity (Wildman–Crippen MR) is 101 cm³/mol. The Morgan fingerprint density at radius 1 is 1.25 bits per heavy atom. The number of hydrogen-bond acceptors (Lipinski definition) is 3. The Labute approximate surface area is 155 Å². The smallest absolute Gasteiger partial charge is 0.255 e. The van der Waals surface area contributed by atoms with Crippen molar-refractivity contribution < 1.29 is 14.3 Å². The number of carbonyl (C=O) groups is 1. The second kappa shape index (κ2) is 7.90. The molecule has 6 heteroatoms. The zero-order valence-corrected chi connectivity index (χ0v) is 16.3. The molecule has 0 radical (unpaired) electrons. The van der Waals surface area contributed by atoms with E-state index in [9.17, 15) is 4.79 Å². The lowest BCUT2D eigenvalue weighted by Gasteiger charge is -2.15. The normalized spacial score (nSPS) is 10.4. The minimum absolute atomic E-state index is 0.272. The maximum absolute atomic E-state index is 12.6. The molecule has 0 heterocycles. The number of benzene rings is 2. The fourth-order valence-corrected chi connectivity index (χ4v) is 3.32. The van der Waals surface area contributed by atoms with E-state index in [1.807, 2.05) is 32.9 Å². The van der Waals surface area contributed by atoms with Crippen LogP contribution >= 0.6 is 27.5 Å². The first kappa shape index (κ1) is 18.6. The van der Waals surface area contributed by atoms with E-state index in [1.54, 1.807) is 12.1 Å². The van der Waals surface area contributed by atoms with Gasteiger partial charge in [-0.25, -0.2) is 0 Å². The third kappa shape index (κ3) is 4.02. The molecule has 0 aliphatic heterocycles. The highest BCUT2D eigenvalue weighted by atomic mass is 79.9. The Balaban J connectivity index is 2.36. The van der Waals surface area contributed by atoms with Crippen LogP contribution in [-0.2, 0) is 0 Å². The molecule has 0 saturated heterocycles. The molecule has 0 unspecified atom stereocenters. The molecule has 0 saturated carbocycles. The average molecular weight is 413 g/mol. The molecule has 24 heavy (non-hydrogen) atoms. The van der Waals surface area contributed by atoms with Gasteiger partial charge < -0.3 is 14.8 Å². The lowest BCUT2D eigenvalue weighted by Crippen LogP contribution is -2.14. The zero-order valence-electron chi connectivity index (χ0n) is 14.0. The number of carbonyl (C=O) groups excluding carboxylic acids is 1. The second-order valence-corrected chi connectivity index (χ2v) is 6.58. The van der Waals surface area contributed by atoms with E-state index in [4.69, 9.17) is 21.1 Å². The Kier molecular flexibility index (Phi) is 6.13. The molecule has 0 atom stereocenters. The van der Waals surface area contributed by atoms with Crippen LogP contribution in [0.15, 0.2) is 28.7 Å². The Morgan fingerprint density at radius 2 is 1.96 bits per heavy atom. The van der Waals surface area contributed by atoms with Gasteiger partial charge in [-0.05, 0) is 66.0 Å². The van der Waals surface area contributed by atoms with Crippen LogP contribution in [-0.4, -0.2) is 19.6 Å². The minimum atomic E-state index is -0.272. The second-order valence-electron chi connectivity index (χ2n) is 5.32. The number of ether oxygens (including phenoxy) is 2. The molecule has 0 aromatic heterocycles. The number of halogens is 2. The maximum Gasteiger partial charge on any atom is 0.255 e. The van der Waals surface area contributed by atoms with Crippen molar-refractivity contribution in [3.63, 3.8) is 0 Å². The van der Waals surface area contributed by atoms with Gasteiger partial charge >= 0.3 is 0 Å². The van der Waals surface area contributed by atoms with Gasteiger partial charge in [0.1, 0.15) is 0 Å². The molecule has 0 aliphatic rings. The van der Waals surface area contributed by atoms with Gasteiger partial charge in [0, 0.05) is 5.56 Å². The molecule has 1 N–H and O–H groups in total. The van der Waals surface area contributed by atoms with Crippen LogP contribution in [0.1, 0.15) is 28.4 Å². The standard InChI is InChI=1S/C18H19BrClNO3/c1-5-24-17-13(19)8-12(9-15(17)23-4)18(22)21-16-11(3)6-10(2)7-14(16)20/h6-9H,5H2,1-4H3,(H,21,22). The molecule has 2 aromatic carbocycles. The van der Waals surface area contributed by atoms with Crippen molar-refractivity contribution in [1.82, 2.24) is 0 Å². The number of aryl methyl sites for hydroxylation is 2. The van der Waals surface area contributed by atoms with Gasteiger partial charge in [0.05, 0.1) is 28.9 Å². The Bertz CT molecular complexity index is 754. The fourth-order valence-electron chi connectivity index (χ4n) is 2.40. The summed E-state index contributed by atoms with van der Waals surface area (Å²) in [5.41, 5.74) is 3.00. The summed E-state index contributed by atoms with van der Waals surface area (Å²) < 4.78 is 11.5. The maximum atomic E-state index is 12.6. The summed E-state index contributed by atoms with van der Waals surface area (Å²) in [7, 11) is 1.53. The topological polar surface area (TPSA) is 47.6 Å². The summed E-state index contributed by atoms with van der Waals surface area (Å²) >= 11 is 9.67. The van der Waals surface area contributed by atoms with Crippen LogP contribution in [0, 0.1) is 13.8 Å². The molecular formula is C18H19BrClNO3. The molecule has 4 nitrogen and oxygen atoms in total. The van der Waals surface area contributed by atoms with Gasteiger partial charge in [0.25, 0.3) is 5.91 Å². The van der Waals surface area contributed by atoms with E-state index in [0.717, 1.165) is 11.1 Å². The number of methoxy groups -OCH3 is 1. The Hall–Kier alpha value is -1.72. The number of rotatable bonds is 5. The fraction of sp³-hybridized carbons (Fsp3) is 0.278. The summed E-state index contributed by atoms with van der Waals surface area (Å²) in [4.78, 5) is 12.6. The van der Waals surface area contributed by atoms with Gasteiger partial charge in [-0.15, -0.1) is 0 Å². The van der Waals surface area contributed by atoms with E-state index in [0.29, 0.717) is 38.9 Å². The number of nitrogens with one attached hydrogen (secondary N) is 1. The van der Waals surface area contributed by atoms with E-state index in [1.165, 1.54) is 7.11 Å². The third-order valence-electron chi connectivity index (χ3n) is 3.45. The number of amides is 1. The van der Waals surface area contributed by atoms with Gasteiger partial charge in [0.2, 0.25) is 0 Å². The van der Waals surface area contributed by atoms with Crippen LogP contribution in [0.5, 0.6) is 11.5 Å². The average Bonchev–Trinajstić information content (AvgIpc) is 2.52. The monoisotopic (exact) mass is 411 g/mol. The van der Waals surface area contributed by atoms with Crippen LogP contribution < -0.4 is 14.8 Å². The summed E-state index contributed by atoms with van der Waals surface area (Å²) in [5, 5.41) is 3.38. The molecule has 0 spiro atoms. The van der Waals surface area contributed by atoms with Crippen molar-refractivity contribution in [2.24, 2.45) is 0 Å². The van der Waals surface area contributed by atoms with E-state index in [2.05, 4.69) is 21.2 Å². The first-order valence-electron chi connectivity index (χ1n) is 7.45. The summed E-state index contributed by atoms with van der Waals surface area (Å²) in [5.74, 6) is 0.787. The van der Waals surface area contributed by atoms with Gasteiger partial charge in [-0.3, -0.25) is 4.79 Å². The SMILES string of the molecule is CCOc1c(Br)cc(C(=O)Nc2c(C)cc(C)cc2Cl)cc1OC. The molecule has 2 aromatic rings. The lowest BCUT2D eigenvalue weighted by molar-refractivity contribution is 0.102. The predicted octanol–water partition coefficient (Wildman–Crippen LogP) is 5.38. The van der Waals surface area contributed by atoms with Gasteiger partial charge in [-0.2, -0.15) is 0 Å². The first-order valence-corrected chi connectivity index (χ1v) is 8.62. The van der Waals surface area contributed by atoms with Gasteiger partial charge in [-0.1, -0.05) is 17.7 Å². The minimum Gasteiger partial charge on any atom is -0.493 e. The van der Waals surface area contributed by atoms with Crippen molar-refractivity contribution in [2.75, 3.05) is 19.0 Å². The van der Waals surface area contributed by atoms with Crippen LogP contribution in [0.3, 0.4) is 0 Å². The summed E-state index contributed by atoms with van der Waals surface area (Å²) in [6, 6.07) is 7.12. The number of anilines is 1. The molecule has 0 fully saturated rings. The first-order chi connectivity index (χ1) is 11.4. The zero-order chi connectivity index (χ0) is 17.9. The summed E-state index contributed by atoms with van der Waals surface area (Å²) in [6.07, 6.45) is 0. The van der Waals surface area contributed by atoms with Crippen molar-refractivity contribution in [1.29, 1.82) is 0 Å². The van der Waals surface area contributed by atoms with E-state index >= 15 is 0 Å². The van der Waals surface area contributed by atoms with Crippen molar-refractivity contribution in [2.45, 2.75) is 20.8 Å². The largest absolute Gasteiger partial charge is 0.493 e. The van der Waals surface area contributed by atoms with Crippen LogP contribution in [0.25, 0.3) is 0 Å². The third-order valence-corrected chi connectivity index (χ3v) is 4.34. The highest BCUT2D eigenvalue weighted by Crippen LogP contribution is 2.37. The Morgan fingerprint density at radius 3 is 2.54 bits per heavy atom. The molecule has 128 valence electrons. The highest BCUT2D eigenvalue weighted by molar-refractivity contribution is 9.10. The van der Waals surface area contributed by atoms with Crippen molar-refractivity contribution >= 4 is 39.1 Å². The molecule has 1 amide bonds.